The minimum absolute atomic E-state index is 0.0119. The summed E-state index contributed by atoms with van der Waals surface area (Å²) in [5.41, 5.74) is 10.0. The molecule has 7 nitrogen and oxygen atoms in total. The number of aromatic hydroxyl groups is 3. The van der Waals surface area contributed by atoms with Gasteiger partial charge in [-0.05, 0) is 0 Å². The Hall–Kier alpha value is -2.44. The minimum atomic E-state index is -0.331. The highest BCUT2D eigenvalue weighted by molar-refractivity contribution is 5.88. The van der Waals surface area contributed by atoms with E-state index in [4.69, 9.17) is 16.6 Å². The standard InChI is InChI=1S/C8H10N4O3/c9-8(10)12-11-3-5-6(14)1-4(13)2-7(5)15/h1-3,13-15H,(H4,9,10,12)/b11-3+. The van der Waals surface area contributed by atoms with Crippen LogP contribution in [-0.2, 0) is 0 Å². The molecule has 15 heavy (non-hydrogen) atoms. The monoisotopic (exact) mass is 210 g/mol. The lowest BCUT2D eigenvalue weighted by atomic mass is 10.2. The maximum Gasteiger partial charge on any atom is 0.211 e. The molecule has 0 bridgehead atoms. The second-order valence-corrected chi connectivity index (χ2v) is 2.67. The summed E-state index contributed by atoms with van der Waals surface area (Å²) in [6.45, 7) is 0. The summed E-state index contributed by atoms with van der Waals surface area (Å²) in [6, 6.07) is 2.10. The smallest absolute Gasteiger partial charge is 0.211 e. The maximum absolute atomic E-state index is 9.32. The SMILES string of the molecule is NC(N)=N/N=C/c1c(O)cc(O)cc1O. The third-order valence-electron chi connectivity index (χ3n) is 1.48. The van der Waals surface area contributed by atoms with Gasteiger partial charge in [0.2, 0.25) is 5.96 Å². The van der Waals surface area contributed by atoms with Crippen LogP contribution in [0.15, 0.2) is 22.3 Å². The van der Waals surface area contributed by atoms with Crippen LogP contribution in [0.5, 0.6) is 17.2 Å². The molecule has 80 valence electrons. The van der Waals surface area contributed by atoms with E-state index < -0.39 is 0 Å². The molecule has 0 heterocycles. The van der Waals surface area contributed by atoms with Crippen molar-refractivity contribution in [1.82, 2.24) is 0 Å². The first kappa shape index (κ1) is 10.6. The molecular weight excluding hydrogens is 200 g/mol. The number of phenols is 3. The lowest BCUT2D eigenvalue weighted by Gasteiger charge is -2.01. The van der Waals surface area contributed by atoms with Crippen LogP contribution in [0.3, 0.4) is 0 Å². The van der Waals surface area contributed by atoms with Crippen LogP contribution in [0.2, 0.25) is 0 Å². The molecule has 0 saturated carbocycles. The average Bonchev–Trinajstić information content (AvgIpc) is 2.08. The number of phenolic OH excluding ortho intramolecular Hbond substituents is 3. The quantitative estimate of drug-likeness (QED) is 0.252. The number of hydrogen-bond donors (Lipinski definition) is 5. The summed E-state index contributed by atoms with van der Waals surface area (Å²) in [4.78, 5) is 0. The van der Waals surface area contributed by atoms with Gasteiger partial charge < -0.3 is 26.8 Å². The first-order valence-electron chi connectivity index (χ1n) is 3.87. The van der Waals surface area contributed by atoms with Crippen molar-refractivity contribution in [2.45, 2.75) is 0 Å². The zero-order valence-corrected chi connectivity index (χ0v) is 7.62. The molecule has 1 aromatic rings. The molecule has 0 aliphatic carbocycles. The predicted octanol–water partition coefficient (Wildman–Crippen LogP) is -0.589. The van der Waals surface area contributed by atoms with Crippen LogP contribution in [0.25, 0.3) is 0 Å². The van der Waals surface area contributed by atoms with Crippen molar-refractivity contribution >= 4 is 12.2 Å². The second kappa shape index (κ2) is 4.18. The van der Waals surface area contributed by atoms with Crippen molar-refractivity contribution in [3.63, 3.8) is 0 Å². The van der Waals surface area contributed by atoms with E-state index >= 15 is 0 Å². The van der Waals surface area contributed by atoms with Gasteiger partial charge in [0, 0.05) is 12.1 Å². The first-order chi connectivity index (χ1) is 7.00. The second-order valence-electron chi connectivity index (χ2n) is 2.67. The Balaban J connectivity index is 3.05. The van der Waals surface area contributed by atoms with Gasteiger partial charge in [-0.15, -0.1) is 5.10 Å². The Morgan fingerprint density at radius 2 is 1.67 bits per heavy atom. The third-order valence-corrected chi connectivity index (χ3v) is 1.48. The fraction of sp³-hybridized carbons (Fsp3) is 0. The van der Waals surface area contributed by atoms with Crippen LogP contribution in [0.1, 0.15) is 5.56 Å². The van der Waals surface area contributed by atoms with Crippen molar-refractivity contribution in [2.24, 2.45) is 21.7 Å². The number of nitrogens with two attached hydrogens (primary N) is 2. The van der Waals surface area contributed by atoms with E-state index in [-0.39, 0.29) is 28.8 Å². The van der Waals surface area contributed by atoms with Crippen LogP contribution in [-0.4, -0.2) is 27.5 Å². The van der Waals surface area contributed by atoms with Crippen molar-refractivity contribution in [3.8, 4) is 17.2 Å². The summed E-state index contributed by atoms with van der Waals surface area (Å²) >= 11 is 0. The third kappa shape index (κ3) is 2.76. The van der Waals surface area contributed by atoms with Gasteiger partial charge in [0.15, 0.2) is 0 Å². The fourth-order valence-corrected chi connectivity index (χ4v) is 0.894. The highest BCUT2D eigenvalue weighted by Gasteiger charge is 2.06. The van der Waals surface area contributed by atoms with Gasteiger partial charge in [-0.2, -0.15) is 5.10 Å². The lowest BCUT2D eigenvalue weighted by molar-refractivity contribution is 0.427. The number of rotatable bonds is 2. The normalized spacial score (nSPS) is 10.4. The van der Waals surface area contributed by atoms with Crippen molar-refractivity contribution in [2.75, 3.05) is 0 Å². The zero-order chi connectivity index (χ0) is 11.4. The van der Waals surface area contributed by atoms with Crippen LogP contribution in [0.4, 0.5) is 0 Å². The Morgan fingerprint density at radius 3 is 2.13 bits per heavy atom. The molecule has 7 N–H and O–H groups in total. The maximum atomic E-state index is 9.32. The van der Waals surface area contributed by atoms with Gasteiger partial charge in [0.25, 0.3) is 0 Å². The van der Waals surface area contributed by atoms with Gasteiger partial charge in [0.05, 0.1) is 11.8 Å². The highest BCUT2D eigenvalue weighted by Crippen LogP contribution is 2.30. The van der Waals surface area contributed by atoms with E-state index in [9.17, 15) is 10.2 Å². The van der Waals surface area contributed by atoms with Crippen LogP contribution >= 0.6 is 0 Å². The Bertz CT molecular complexity index is 401. The van der Waals surface area contributed by atoms with E-state index in [2.05, 4.69) is 10.2 Å². The molecule has 1 rings (SSSR count). The Morgan fingerprint density at radius 1 is 1.13 bits per heavy atom. The molecule has 0 atom stereocenters. The largest absolute Gasteiger partial charge is 0.508 e. The molecule has 0 aliphatic heterocycles. The van der Waals surface area contributed by atoms with E-state index in [1.54, 1.807) is 0 Å². The van der Waals surface area contributed by atoms with Crippen molar-refractivity contribution < 1.29 is 15.3 Å². The summed E-state index contributed by atoms with van der Waals surface area (Å²) in [7, 11) is 0. The Kier molecular flexibility index (Phi) is 2.97. The molecule has 0 aliphatic rings. The van der Waals surface area contributed by atoms with Gasteiger partial charge in [-0.25, -0.2) is 0 Å². The summed E-state index contributed by atoms with van der Waals surface area (Å²) in [5.74, 6) is -1.17. The number of hydrogen-bond acceptors (Lipinski definition) is 5. The molecule has 0 saturated heterocycles. The zero-order valence-electron chi connectivity index (χ0n) is 7.62. The van der Waals surface area contributed by atoms with E-state index in [1.807, 2.05) is 0 Å². The average molecular weight is 210 g/mol. The molecule has 0 aromatic heterocycles. The highest BCUT2D eigenvalue weighted by atomic mass is 16.3. The van der Waals surface area contributed by atoms with Gasteiger partial charge >= 0.3 is 0 Å². The fourth-order valence-electron chi connectivity index (χ4n) is 0.894. The molecular formula is C8H10N4O3. The molecule has 0 fully saturated rings. The minimum Gasteiger partial charge on any atom is -0.508 e. The summed E-state index contributed by atoms with van der Waals surface area (Å²) in [6.07, 6.45) is 1.06. The molecule has 0 amide bonds. The van der Waals surface area contributed by atoms with Crippen LogP contribution in [0, 0.1) is 0 Å². The van der Waals surface area contributed by atoms with E-state index in [0.717, 1.165) is 18.3 Å². The van der Waals surface area contributed by atoms with Crippen LogP contribution < -0.4 is 11.5 Å². The predicted molar refractivity (Wildman–Crippen MR) is 54.8 cm³/mol. The molecule has 7 heteroatoms. The van der Waals surface area contributed by atoms with E-state index in [0.29, 0.717) is 0 Å². The van der Waals surface area contributed by atoms with Gasteiger partial charge in [0.1, 0.15) is 17.2 Å². The number of guanidine groups is 1. The summed E-state index contributed by atoms with van der Waals surface area (Å²) in [5, 5.41) is 34.3. The van der Waals surface area contributed by atoms with E-state index in [1.165, 1.54) is 0 Å². The topological polar surface area (TPSA) is 137 Å². The lowest BCUT2D eigenvalue weighted by Crippen LogP contribution is -2.21. The molecule has 1 aromatic carbocycles. The van der Waals surface area contributed by atoms with Gasteiger partial charge in [-0.3, -0.25) is 0 Å². The van der Waals surface area contributed by atoms with Gasteiger partial charge in [-0.1, -0.05) is 0 Å². The molecule has 0 radical (unpaired) electrons. The first-order valence-corrected chi connectivity index (χ1v) is 3.87. The molecule has 0 unspecified atom stereocenters. The number of benzene rings is 1. The Labute approximate surface area is 85.0 Å². The van der Waals surface area contributed by atoms with Crippen molar-refractivity contribution in [3.05, 3.63) is 17.7 Å². The van der Waals surface area contributed by atoms with Crippen molar-refractivity contribution in [1.29, 1.82) is 0 Å². The number of nitrogens with zero attached hydrogens (tertiary/aromatic N) is 2. The summed E-state index contributed by atoms with van der Waals surface area (Å²) < 4.78 is 0. The molecule has 0 spiro atoms.